The van der Waals surface area contributed by atoms with Crippen LogP contribution in [0.15, 0.2) is 47.6 Å². The first-order chi connectivity index (χ1) is 16.2. The predicted octanol–water partition coefficient (Wildman–Crippen LogP) is 4.18. The number of anilines is 1. The van der Waals surface area contributed by atoms with E-state index < -0.39 is 0 Å². The molecule has 8 heteroatoms. The monoisotopic (exact) mass is 466 g/mol. The lowest BCUT2D eigenvalue weighted by Gasteiger charge is -2.28. The number of hydrogen-bond donors (Lipinski definition) is 0. The molecule has 33 heavy (non-hydrogen) atoms. The van der Waals surface area contributed by atoms with E-state index in [0.29, 0.717) is 19.8 Å². The molecule has 3 heterocycles. The number of aromatic nitrogens is 3. The average molecular weight is 467 g/mol. The Labute approximate surface area is 199 Å². The van der Waals surface area contributed by atoms with Gasteiger partial charge in [-0.1, -0.05) is 42.1 Å². The van der Waals surface area contributed by atoms with Crippen molar-refractivity contribution in [3.05, 3.63) is 59.2 Å². The molecule has 7 nitrogen and oxygen atoms in total. The van der Waals surface area contributed by atoms with E-state index in [0.717, 1.165) is 60.0 Å². The molecule has 174 valence electrons. The van der Waals surface area contributed by atoms with Crippen LogP contribution in [0.1, 0.15) is 30.5 Å². The van der Waals surface area contributed by atoms with E-state index in [-0.39, 0.29) is 6.10 Å². The van der Waals surface area contributed by atoms with Gasteiger partial charge in [-0.05, 0) is 31.5 Å². The Morgan fingerprint density at radius 1 is 1.12 bits per heavy atom. The van der Waals surface area contributed by atoms with Crippen LogP contribution in [0.25, 0.3) is 0 Å². The van der Waals surface area contributed by atoms with Crippen LogP contribution in [-0.4, -0.2) is 53.8 Å². The SMILES string of the molecule is CCOc1cc2c(cc1CSc1nnc(N3CCOCC3)n1Cc1ccccc1)OC(C)C2. The van der Waals surface area contributed by atoms with Gasteiger partial charge in [-0.25, -0.2) is 0 Å². The fraction of sp³-hybridized carbons (Fsp3) is 0.440. The van der Waals surface area contributed by atoms with Gasteiger partial charge in [0.05, 0.1) is 26.4 Å². The van der Waals surface area contributed by atoms with Gasteiger partial charge in [0, 0.05) is 36.4 Å². The van der Waals surface area contributed by atoms with Crippen LogP contribution < -0.4 is 14.4 Å². The summed E-state index contributed by atoms with van der Waals surface area (Å²) in [6, 6.07) is 14.7. The summed E-state index contributed by atoms with van der Waals surface area (Å²) in [4.78, 5) is 2.26. The number of benzene rings is 2. The highest BCUT2D eigenvalue weighted by Crippen LogP contribution is 2.38. The van der Waals surface area contributed by atoms with Crippen molar-refractivity contribution < 1.29 is 14.2 Å². The maximum Gasteiger partial charge on any atom is 0.228 e. The highest BCUT2D eigenvalue weighted by Gasteiger charge is 2.24. The minimum absolute atomic E-state index is 0.211. The summed E-state index contributed by atoms with van der Waals surface area (Å²) in [6.07, 6.45) is 1.14. The number of morpholine rings is 1. The Morgan fingerprint density at radius 3 is 2.73 bits per heavy atom. The van der Waals surface area contributed by atoms with Gasteiger partial charge in [-0.2, -0.15) is 0 Å². The number of nitrogens with zero attached hydrogens (tertiary/aromatic N) is 4. The van der Waals surface area contributed by atoms with E-state index in [4.69, 9.17) is 14.2 Å². The summed E-state index contributed by atoms with van der Waals surface area (Å²) < 4.78 is 19.7. The quantitative estimate of drug-likeness (QED) is 0.462. The normalized spacial score (nSPS) is 17.6. The van der Waals surface area contributed by atoms with E-state index in [9.17, 15) is 0 Å². The molecule has 1 unspecified atom stereocenters. The van der Waals surface area contributed by atoms with Gasteiger partial charge < -0.3 is 19.1 Å². The molecule has 1 atom stereocenters. The Balaban J connectivity index is 1.41. The lowest BCUT2D eigenvalue weighted by atomic mass is 10.1. The van der Waals surface area contributed by atoms with Crippen LogP contribution in [0, 0.1) is 0 Å². The lowest BCUT2D eigenvalue weighted by Crippen LogP contribution is -2.38. The van der Waals surface area contributed by atoms with Crippen LogP contribution in [0.4, 0.5) is 5.95 Å². The van der Waals surface area contributed by atoms with Crippen LogP contribution in [0.5, 0.6) is 11.5 Å². The molecule has 0 radical (unpaired) electrons. The minimum atomic E-state index is 0.211. The van der Waals surface area contributed by atoms with E-state index >= 15 is 0 Å². The zero-order valence-electron chi connectivity index (χ0n) is 19.2. The number of hydrogen-bond acceptors (Lipinski definition) is 7. The summed E-state index contributed by atoms with van der Waals surface area (Å²) in [5.74, 6) is 3.54. The number of fused-ring (bicyclic) bond motifs is 1. The summed E-state index contributed by atoms with van der Waals surface area (Å²) in [6.45, 7) is 8.57. The van der Waals surface area contributed by atoms with Crippen LogP contribution >= 0.6 is 11.8 Å². The van der Waals surface area contributed by atoms with E-state index in [2.05, 4.69) is 63.0 Å². The number of rotatable bonds is 8. The van der Waals surface area contributed by atoms with E-state index in [1.54, 1.807) is 11.8 Å². The third kappa shape index (κ3) is 4.96. The summed E-state index contributed by atoms with van der Waals surface area (Å²) >= 11 is 1.69. The van der Waals surface area contributed by atoms with Crippen molar-refractivity contribution in [2.45, 2.75) is 43.8 Å². The Kier molecular flexibility index (Phi) is 6.73. The molecule has 0 bridgehead atoms. The molecular formula is C25H30N4O3S. The number of ether oxygens (including phenoxy) is 3. The molecule has 1 saturated heterocycles. The van der Waals surface area contributed by atoms with Crippen molar-refractivity contribution in [3.8, 4) is 11.5 Å². The van der Waals surface area contributed by atoms with Crippen molar-refractivity contribution in [2.24, 2.45) is 0 Å². The highest BCUT2D eigenvalue weighted by molar-refractivity contribution is 7.98. The van der Waals surface area contributed by atoms with Crippen molar-refractivity contribution >= 4 is 17.7 Å². The molecule has 0 spiro atoms. The lowest BCUT2D eigenvalue weighted by molar-refractivity contribution is 0.121. The van der Waals surface area contributed by atoms with Crippen LogP contribution in [0.3, 0.4) is 0 Å². The predicted molar refractivity (Wildman–Crippen MR) is 130 cm³/mol. The first-order valence-corrected chi connectivity index (χ1v) is 12.6. The van der Waals surface area contributed by atoms with Crippen molar-refractivity contribution in [1.29, 1.82) is 0 Å². The molecule has 3 aromatic rings. The molecule has 1 fully saturated rings. The molecule has 0 amide bonds. The summed E-state index contributed by atoms with van der Waals surface area (Å²) in [7, 11) is 0. The third-order valence-corrected chi connectivity index (χ3v) is 6.93. The fourth-order valence-corrected chi connectivity index (χ4v) is 5.23. The Morgan fingerprint density at radius 2 is 1.94 bits per heavy atom. The second kappa shape index (κ2) is 10.1. The van der Waals surface area contributed by atoms with Crippen molar-refractivity contribution in [3.63, 3.8) is 0 Å². The zero-order chi connectivity index (χ0) is 22.6. The average Bonchev–Trinajstić information content (AvgIpc) is 3.40. The molecule has 2 aliphatic rings. The van der Waals surface area contributed by atoms with Gasteiger partial charge in [0.2, 0.25) is 5.95 Å². The van der Waals surface area contributed by atoms with E-state index in [1.165, 1.54) is 11.1 Å². The maximum absolute atomic E-state index is 6.00. The molecule has 2 aromatic carbocycles. The van der Waals surface area contributed by atoms with Gasteiger partial charge in [-0.15, -0.1) is 10.2 Å². The van der Waals surface area contributed by atoms with Crippen LogP contribution in [-0.2, 0) is 23.5 Å². The molecule has 0 N–H and O–H groups in total. The second-order valence-electron chi connectivity index (χ2n) is 8.38. The van der Waals surface area contributed by atoms with Gasteiger partial charge in [0.25, 0.3) is 0 Å². The van der Waals surface area contributed by atoms with Crippen molar-refractivity contribution in [2.75, 3.05) is 37.8 Å². The first-order valence-electron chi connectivity index (χ1n) is 11.6. The van der Waals surface area contributed by atoms with Gasteiger partial charge in [0.1, 0.15) is 17.6 Å². The summed E-state index contributed by atoms with van der Waals surface area (Å²) in [5, 5.41) is 10.1. The fourth-order valence-electron chi connectivity index (χ4n) is 4.32. The minimum Gasteiger partial charge on any atom is -0.494 e. The molecular weight excluding hydrogens is 436 g/mol. The second-order valence-corrected chi connectivity index (χ2v) is 9.32. The smallest absolute Gasteiger partial charge is 0.228 e. The van der Waals surface area contributed by atoms with Crippen LogP contribution in [0.2, 0.25) is 0 Å². The Bertz CT molecular complexity index is 1080. The molecule has 5 rings (SSSR count). The zero-order valence-corrected chi connectivity index (χ0v) is 20.0. The Hall–Kier alpha value is -2.71. The molecule has 0 saturated carbocycles. The molecule has 1 aromatic heterocycles. The molecule has 0 aliphatic carbocycles. The topological polar surface area (TPSA) is 61.6 Å². The van der Waals surface area contributed by atoms with Gasteiger partial charge in [0.15, 0.2) is 5.16 Å². The van der Waals surface area contributed by atoms with E-state index in [1.807, 2.05) is 13.0 Å². The third-order valence-electron chi connectivity index (χ3n) is 5.91. The maximum atomic E-state index is 6.00. The summed E-state index contributed by atoms with van der Waals surface area (Å²) in [5.41, 5.74) is 3.57. The highest BCUT2D eigenvalue weighted by atomic mass is 32.2. The largest absolute Gasteiger partial charge is 0.494 e. The van der Waals surface area contributed by atoms with Gasteiger partial charge >= 0.3 is 0 Å². The molecule has 2 aliphatic heterocycles. The van der Waals surface area contributed by atoms with Gasteiger partial charge in [-0.3, -0.25) is 4.57 Å². The number of thioether (sulfide) groups is 1. The van der Waals surface area contributed by atoms with Crippen molar-refractivity contribution in [1.82, 2.24) is 14.8 Å². The standard InChI is InChI=1S/C25H30N4O3S/c1-3-31-22-14-20-13-18(2)32-23(20)15-21(22)17-33-25-27-26-24(28-9-11-30-12-10-28)29(25)16-19-7-5-4-6-8-19/h4-8,14-15,18H,3,9-13,16-17H2,1-2H3. The first kappa shape index (κ1) is 22.1.